The van der Waals surface area contributed by atoms with Crippen molar-refractivity contribution in [3.8, 4) is 0 Å². The Kier molecular flexibility index (Phi) is 2.65. The molecule has 1 rings (SSSR count). The highest BCUT2D eigenvalue weighted by molar-refractivity contribution is 6.07. The van der Waals surface area contributed by atoms with Crippen molar-refractivity contribution in [3.05, 3.63) is 0 Å². The van der Waals surface area contributed by atoms with Crippen LogP contribution >= 0.6 is 0 Å². The first kappa shape index (κ1) is 9.70. The second kappa shape index (κ2) is 3.55. The minimum Gasteiger partial charge on any atom is -0.481 e. The van der Waals surface area contributed by atoms with Gasteiger partial charge in [-0.15, -0.1) is 0 Å². The van der Waals surface area contributed by atoms with E-state index in [4.69, 9.17) is 5.11 Å². The van der Waals surface area contributed by atoms with E-state index in [9.17, 15) is 9.59 Å². The van der Waals surface area contributed by atoms with Crippen LogP contribution in [0.2, 0.25) is 0 Å². The largest absolute Gasteiger partial charge is 0.481 e. The molecule has 0 aromatic rings. The molecule has 0 fully saturated rings. The zero-order valence-electron chi connectivity index (χ0n) is 7.57. The van der Waals surface area contributed by atoms with E-state index in [-0.39, 0.29) is 18.2 Å². The van der Waals surface area contributed by atoms with Gasteiger partial charge in [0.25, 0.3) is 5.91 Å². The van der Waals surface area contributed by atoms with Gasteiger partial charge in [-0.3, -0.25) is 14.6 Å². The fourth-order valence-corrected chi connectivity index (χ4v) is 1.07. The molecule has 72 valence electrons. The summed E-state index contributed by atoms with van der Waals surface area (Å²) >= 11 is 0. The summed E-state index contributed by atoms with van der Waals surface area (Å²) in [5.41, 5.74) is 0. The first-order valence-electron chi connectivity index (χ1n) is 4.11. The average molecular weight is 184 g/mol. The SMILES string of the molecule is CC(C)C1=NC(CC(=O)O)C(=O)N1. The normalized spacial score (nSPS) is 21.6. The second-order valence-corrected chi connectivity index (χ2v) is 3.27. The third-order valence-corrected chi connectivity index (χ3v) is 1.76. The molecule has 0 saturated heterocycles. The molecule has 1 unspecified atom stereocenters. The van der Waals surface area contributed by atoms with Crippen molar-refractivity contribution in [1.29, 1.82) is 0 Å². The molecule has 0 bridgehead atoms. The molecule has 0 aliphatic carbocycles. The maximum absolute atomic E-state index is 11.1. The lowest BCUT2D eigenvalue weighted by Gasteiger charge is -2.01. The molecule has 1 heterocycles. The summed E-state index contributed by atoms with van der Waals surface area (Å²) in [4.78, 5) is 25.4. The Morgan fingerprint density at radius 1 is 1.69 bits per heavy atom. The van der Waals surface area contributed by atoms with E-state index in [0.717, 1.165) is 0 Å². The maximum atomic E-state index is 11.1. The molecular weight excluding hydrogens is 172 g/mol. The fourth-order valence-electron chi connectivity index (χ4n) is 1.07. The van der Waals surface area contributed by atoms with Gasteiger partial charge in [0.1, 0.15) is 11.9 Å². The highest BCUT2D eigenvalue weighted by Crippen LogP contribution is 2.09. The molecule has 0 saturated carbocycles. The van der Waals surface area contributed by atoms with Gasteiger partial charge in [0.15, 0.2) is 0 Å². The predicted molar refractivity (Wildman–Crippen MR) is 46.5 cm³/mol. The average Bonchev–Trinajstić information content (AvgIpc) is 2.31. The van der Waals surface area contributed by atoms with Crippen LogP contribution in [0.3, 0.4) is 0 Å². The number of aliphatic carboxylic acids is 1. The number of carboxylic acids is 1. The number of amidine groups is 1. The Bertz CT molecular complexity index is 271. The summed E-state index contributed by atoms with van der Waals surface area (Å²) in [6.07, 6.45) is -0.234. The fraction of sp³-hybridized carbons (Fsp3) is 0.625. The standard InChI is InChI=1S/C8H12N2O3/c1-4(2)7-9-5(3-6(11)12)8(13)10-7/h4-5H,3H2,1-2H3,(H,11,12)(H,9,10,13). The molecule has 0 spiro atoms. The highest BCUT2D eigenvalue weighted by atomic mass is 16.4. The van der Waals surface area contributed by atoms with Gasteiger partial charge in [-0.05, 0) is 0 Å². The minimum atomic E-state index is -1.01. The van der Waals surface area contributed by atoms with Crippen LogP contribution in [-0.2, 0) is 9.59 Å². The third-order valence-electron chi connectivity index (χ3n) is 1.76. The number of hydrogen-bond donors (Lipinski definition) is 2. The van der Waals surface area contributed by atoms with Crippen LogP contribution in [0.15, 0.2) is 4.99 Å². The molecule has 2 N–H and O–H groups in total. The number of hydrogen-bond acceptors (Lipinski definition) is 3. The van der Waals surface area contributed by atoms with E-state index in [2.05, 4.69) is 10.3 Å². The number of nitrogens with one attached hydrogen (secondary N) is 1. The van der Waals surface area contributed by atoms with Gasteiger partial charge in [0.05, 0.1) is 6.42 Å². The second-order valence-electron chi connectivity index (χ2n) is 3.27. The Labute approximate surface area is 75.9 Å². The molecule has 1 amide bonds. The highest BCUT2D eigenvalue weighted by Gasteiger charge is 2.29. The quantitative estimate of drug-likeness (QED) is 0.648. The van der Waals surface area contributed by atoms with E-state index in [1.54, 1.807) is 0 Å². The van der Waals surface area contributed by atoms with Gasteiger partial charge in [-0.25, -0.2) is 0 Å². The molecule has 1 aliphatic heterocycles. The molecule has 1 aliphatic rings. The lowest BCUT2D eigenvalue weighted by Crippen LogP contribution is -2.31. The number of aliphatic imine (C=N–C) groups is 1. The summed E-state index contributed by atoms with van der Waals surface area (Å²) in [7, 11) is 0. The maximum Gasteiger partial charge on any atom is 0.306 e. The van der Waals surface area contributed by atoms with Gasteiger partial charge in [-0.1, -0.05) is 13.8 Å². The zero-order valence-corrected chi connectivity index (χ0v) is 7.57. The van der Waals surface area contributed by atoms with Crippen LogP contribution < -0.4 is 5.32 Å². The summed E-state index contributed by atoms with van der Waals surface area (Å²) < 4.78 is 0. The molecule has 0 aromatic carbocycles. The van der Waals surface area contributed by atoms with Crippen molar-refractivity contribution in [2.45, 2.75) is 26.3 Å². The smallest absolute Gasteiger partial charge is 0.306 e. The van der Waals surface area contributed by atoms with Crippen molar-refractivity contribution in [1.82, 2.24) is 5.32 Å². The molecule has 0 radical (unpaired) electrons. The summed E-state index contributed by atoms with van der Waals surface area (Å²) in [5.74, 6) is -0.612. The number of nitrogens with zero attached hydrogens (tertiary/aromatic N) is 1. The number of carboxylic acid groups (broad SMARTS) is 1. The van der Waals surface area contributed by atoms with E-state index < -0.39 is 12.0 Å². The Hall–Kier alpha value is -1.39. The number of carbonyl (C=O) groups is 2. The van der Waals surface area contributed by atoms with Gasteiger partial charge in [-0.2, -0.15) is 0 Å². The summed E-state index contributed by atoms with van der Waals surface area (Å²) in [6.45, 7) is 3.78. The van der Waals surface area contributed by atoms with Gasteiger partial charge in [0.2, 0.25) is 0 Å². The van der Waals surface area contributed by atoms with E-state index >= 15 is 0 Å². The van der Waals surface area contributed by atoms with Crippen LogP contribution in [-0.4, -0.2) is 28.9 Å². The van der Waals surface area contributed by atoms with Crippen molar-refractivity contribution >= 4 is 17.7 Å². The van der Waals surface area contributed by atoms with Gasteiger partial charge in [0, 0.05) is 5.92 Å². The van der Waals surface area contributed by atoms with Gasteiger partial charge >= 0.3 is 5.97 Å². The van der Waals surface area contributed by atoms with Crippen molar-refractivity contribution < 1.29 is 14.7 Å². The zero-order chi connectivity index (χ0) is 10.0. The summed E-state index contributed by atoms with van der Waals surface area (Å²) in [5, 5.41) is 11.0. The topological polar surface area (TPSA) is 78.8 Å². The monoisotopic (exact) mass is 184 g/mol. The van der Waals surface area contributed by atoms with Crippen LogP contribution in [0.25, 0.3) is 0 Å². The Morgan fingerprint density at radius 3 is 2.69 bits per heavy atom. The third kappa shape index (κ3) is 2.27. The van der Waals surface area contributed by atoms with Crippen molar-refractivity contribution in [2.24, 2.45) is 10.9 Å². The molecule has 5 heteroatoms. The lowest BCUT2D eigenvalue weighted by atomic mass is 10.2. The predicted octanol–water partition coefficient (Wildman–Crippen LogP) is 0.0140. The first-order chi connectivity index (χ1) is 6.00. The van der Waals surface area contributed by atoms with Crippen molar-refractivity contribution in [2.75, 3.05) is 0 Å². The van der Waals surface area contributed by atoms with Crippen LogP contribution in [0, 0.1) is 5.92 Å². The summed E-state index contributed by atoms with van der Waals surface area (Å²) in [6, 6.07) is -0.741. The van der Waals surface area contributed by atoms with Crippen LogP contribution in [0.5, 0.6) is 0 Å². The van der Waals surface area contributed by atoms with Crippen molar-refractivity contribution in [3.63, 3.8) is 0 Å². The first-order valence-corrected chi connectivity index (χ1v) is 4.11. The molecule has 5 nitrogen and oxygen atoms in total. The van der Waals surface area contributed by atoms with E-state index in [1.807, 2.05) is 13.8 Å². The molecule has 0 aromatic heterocycles. The molecule has 13 heavy (non-hydrogen) atoms. The van der Waals surface area contributed by atoms with Crippen LogP contribution in [0.1, 0.15) is 20.3 Å². The number of amides is 1. The Morgan fingerprint density at radius 2 is 2.31 bits per heavy atom. The number of carbonyl (C=O) groups excluding carboxylic acids is 1. The Balaban J connectivity index is 2.66. The molecule has 1 atom stereocenters. The lowest BCUT2D eigenvalue weighted by molar-refractivity contribution is -0.139. The van der Waals surface area contributed by atoms with Gasteiger partial charge < -0.3 is 10.4 Å². The van der Waals surface area contributed by atoms with Crippen LogP contribution in [0.4, 0.5) is 0 Å². The molecular formula is C8H12N2O3. The number of rotatable bonds is 3. The van der Waals surface area contributed by atoms with E-state index in [0.29, 0.717) is 5.84 Å². The van der Waals surface area contributed by atoms with E-state index in [1.165, 1.54) is 0 Å². The minimum absolute atomic E-state index is 0.128.